The smallest absolute Gasteiger partial charge is 0.247 e. The van der Waals surface area contributed by atoms with Crippen molar-refractivity contribution in [2.45, 2.75) is 43.7 Å². The molecule has 2 aliphatic rings. The van der Waals surface area contributed by atoms with Crippen LogP contribution in [0.15, 0.2) is 34.5 Å². The standard InChI is InChI=1S/C19H23N3O4S2/c1-3-18(23)21-9-8-19(12-21)13-22(10-15-11-27-14(2)20-15)28(24,25)17-7-5-4-6-16(17)26-19/h4-7,11H,3,8-10,12-13H2,1-2H3/t19-/m1/s1. The van der Waals surface area contributed by atoms with Crippen LogP contribution in [0.4, 0.5) is 0 Å². The molecule has 3 heterocycles. The highest BCUT2D eigenvalue weighted by Crippen LogP contribution is 2.39. The summed E-state index contributed by atoms with van der Waals surface area (Å²) >= 11 is 1.50. The van der Waals surface area contributed by atoms with Crippen LogP contribution in [0.5, 0.6) is 5.75 Å². The Morgan fingerprint density at radius 3 is 2.82 bits per heavy atom. The van der Waals surface area contributed by atoms with E-state index in [0.717, 1.165) is 10.7 Å². The van der Waals surface area contributed by atoms with E-state index in [4.69, 9.17) is 4.74 Å². The molecule has 1 atom stereocenters. The van der Waals surface area contributed by atoms with Crippen LogP contribution in [0.25, 0.3) is 0 Å². The quantitative estimate of drug-likeness (QED) is 0.760. The second kappa shape index (κ2) is 7.13. The van der Waals surface area contributed by atoms with Crippen molar-refractivity contribution in [3.05, 3.63) is 40.3 Å². The molecule has 9 heteroatoms. The summed E-state index contributed by atoms with van der Waals surface area (Å²) in [6, 6.07) is 6.73. The lowest BCUT2D eigenvalue weighted by Crippen LogP contribution is -2.49. The summed E-state index contributed by atoms with van der Waals surface area (Å²) in [7, 11) is -3.75. The van der Waals surface area contributed by atoms with Crippen LogP contribution in [0, 0.1) is 6.92 Å². The highest BCUT2D eigenvalue weighted by atomic mass is 32.2. The molecule has 1 fully saturated rings. The number of nitrogens with zero attached hydrogens (tertiary/aromatic N) is 3. The van der Waals surface area contributed by atoms with Gasteiger partial charge in [0.2, 0.25) is 15.9 Å². The number of hydrogen-bond donors (Lipinski definition) is 0. The maximum atomic E-state index is 13.4. The van der Waals surface area contributed by atoms with E-state index in [2.05, 4.69) is 4.98 Å². The third kappa shape index (κ3) is 3.42. The minimum atomic E-state index is -3.75. The molecule has 150 valence electrons. The number of benzene rings is 1. The largest absolute Gasteiger partial charge is 0.483 e. The monoisotopic (exact) mass is 421 g/mol. The van der Waals surface area contributed by atoms with Gasteiger partial charge in [-0.2, -0.15) is 4.31 Å². The average molecular weight is 422 g/mol. The first-order valence-corrected chi connectivity index (χ1v) is 11.6. The molecule has 2 aliphatic heterocycles. The molecule has 1 aromatic heterocycles. The fraction of sp³-hybridized carbons (Fsp3) is 0.474. The Kier molecular flexibility index (Phi) is 4.93. The fourth-order valence-corrected chi connectivity index (χ4v) is 6.06. The second-order valence-electron chi connectivity index (χ2n) is 7.28. The fourth-order valence-electron chi connectivity index (χ4n) is 3.85. The molecule has 7 nitrogen and oxygen atoms in total. The van der Waals surface area contributed by atoms with Crippen molar-refractivity contribution >= 4 is 27.3 Å². The lowest BCUT2D eigenvalue weighted by atomic mass is 10.0. The number of amides is 1. The molecule has 0 bridgehead atoms. The van der Waals surface area contributed by atoms with Gasteiger partial charge in [-0.3, -0.25) is 4.79 Å². The lowest BCUT2D eigenvalue weighted by Gasteiger charge is -2.31. The minimum Gasteiger partial charge on any atom is -0.483 e. The maximum absolute atomic E-state index is 13.4. The Morgan fingerprint density at radius 1 is 1.32 bits per heavy atom. The van der Waals surface area contributed by atoms with Gasteiger partial charge in [0.15, 0.2) is 0 Å². The van der Waals surface area contributed by atoms with E-state index in [9.17, 15) is 13.2 Å². The number of ether oxygens (including phenoxy) is 1. The summed E-state index contributed by atoms with van der Waals surface area (Å²) in [4.78, 5) is 18.6. The van der Waals surface area contributed by atoms with Gasteiger partial charge in [-0.05, 0) is 19.1 Å². The molecular formula is C19H23N3O4S2. The molecule has 0 N–H and O–H groups in total. The highest BCUT2D eigenvalue weighted by Gasteiger charge is 2.48. The summed E-state index contributed by atoms with van der Waals surface area (Å²) in [6.07, 6.45) is 1.02. The highest BCUT2D eigenvalue weighted by molar-refractivity contribution is 7.89. The van der Waals surface area contributed by atoms with Crippen LogP contribution < -0.4 is 4.74 Å². The van der Waals surface area contributed by atoms with Gasteiger partial charge >= 0.3 is 0 Å². The van der Waals surface area contributed by atoms with Crippen molar-refractivity contribution in [1.82, 2.24) is 14.2 Å². The van der Waals surface area contributed by atoms with Crippen molar-refractivity contribution in [3.63, 3.8) is 0 Å². The van der Waals surface area contributed by atoms with Gasteiger partial charge in [-0.25, -0.2) is 13.4 Å². The molecule has 28 heavy (non-hydrogen) atoms. The number of carbonyl (C=O) groups excluding carboxylic acids is 1. The number of rotatable bonds is 3. The second-order valence-corrected chi connectivity index (χ2v) is 10.3. The normalized spacial score (nSPS) is 24.0. The van der Waals surface area contributed by atoms with Gasteiger partial charge in [0.1, 0.15) is 16.2 Å². The van der Waals surface area contributed by atoms with Crippen molar-refractivity contribution in [2.75, 3.05) is 19.6 Å². The Labute approximate surface area is 169 Å². The first-order chi connectivity index (χ1) is 13.3. The van der Waals surface area contributed by atoms with Crippen LogP contribution in [-0.4, -0.2) is 53.7 Å². The Morgan fingerprint density at radius 2 is 2.11 bits per heavy atom. The van der Waals surface area contributed by atoms with E-state index >= 15 is 0 Å². The number of aryl methyl sites for hydroxylation is 1. The molecule has 0 unspecified atom stereocenters. The molecule has 1 amide bonds. The molecule has 4 rings (SSSR count). The molecular weight excluding hydrogens is 398 g/mol. The van der Waals surface area contributed by atoms with E-state index in [1.54, 1.807) is 29.2 Å². The SMILES string of the molecule is CCC(=O)N1CC[C@@]2(C1)CN(Cc1csc(C)n1)S(=O)(=O)c1ccccc1O2. The van der Waals surface area contributed by atoms with E-state index in [1.165, 1.54) is 15.6 Å². The number of aromatic nitrogens is 1. The molecule has 0 aliphatic carbocycles. The Balaban J connectivity index is 1.74. The lowest BCUT2D eigenvalue weighted by molar-refractivity contribution is -0.130. The van der Waals surface area contributed by atoms with Crippen LogP contribution in [0.1, 0.15) is 30.5 Å². The average Bonchev–Trinajstić information content (AvgIpc) is 3.25. The maximum Gasteiger partial charge on any atom is 0.247 e. The van der Waals surface area contributed by atoms with Gasteiger partial charge in [-0.1, -0.05) is 19.1 Å². The van der Waals surface area contributed by atoms with Crippen LogP contribution in [-0.2, 0) is 21.4 Å². The number of fused-ring (bicyclic) bond motifs is 1. The number of sulfonamides is 1. The van der Waals surface area contributed by atoms with Gasteiger partial charge in [0.05, 0.1) is 30.3 Å². The van der Waals surface area contributed by atoms with Crippen molar-refractivity contribution in [2.24, 2.45) is 0 Å². The van der Waals surface area contributed by atoms with Crippen LogP contribution in [0.2, 0.25) is 0 Å². The number of carbonyl (C=O) groups is 1. The molecule has 1 aromatic carbocycles. The van der Waals surface area contributed by atoms with Crippen LogP contribution >= 0.6 is 11.3 Å². The van der Waals surface area contributed by atoms with Gasteiger partial charge < -0.3 is 9.64 Å². The number of hydrogen-bond acceptors (Lipinski definition) is 6. The molecule has 0 radical (unpaired) electrons. The molecule has 1 saturated heterocycles. The zero-order valence-electron chi connectivity index (χ0n) is 15.9. The van der Waals surface area contributed by atoms with Crippen molar-refractivity contribution < 1.29 is 17.9 Å². The van der Waals surface area contributed by atoms with E-state index in [1.807, 2.05) is 19.2 Å². The minimum absolute atomic E-state index is 0.0579. The first-order valence-electron chi connectivity index (χ1n) is 9.30. The van der Waals surface area contributed by atoms with Crippen LogP contribution in [0.3, 0.4) is 0 Å². The topological polar surface area (TPSA) is 79.8 Å². The molecule has 0 saturated carbocycles. The van der Waals surface area contributed by atoms with Crippen molar-refractivity contribution in [3.8, 4) is 5.75 Å². The first kappa shape index (κ1) is 19.4. The predicted octanol–water partition coefficient (Wildman–Crippen LogP) is 2.42. The summed E-state index contributed by atoms with van der Waals surface area (Å²) < 4.78 is 34.5. The summed E-state index contributed by atoms with van der Waals surface area (Å²) in [5.41, 5.74) is -0.0321. The van der Waals surface area contributed by atoms with Crippen molar-refractivity contribution in [1.29, 1.82) is 0 Å². The third-order valence-corrected chi connectivity index (χ3v) is 7.89. The van der Waals surface area contributed by atoms with Gasteiger partial charge in [0.25, 0.3) is 0 Å². The van der Waals surface area contributed by atoms with E-state index in [0.29, 0.717) is 31.7 Å². The van der Waals surface area contributed by atoms with E-state index in [-0.39, 0.29) is 23.9 Å². The Bertz CT molecular complexity index is 1000. The molecule has 1 spiro atoms. The van der Waals surface area contributed by atoms with Gasteiger partial charge in [-0.15, -0.1) is 11.3 Å². The number of para-hydroxylation sites is 1. The summed E-state index contributed by atoms with van der Waals surface area (Å²) in [5, 5.41) is 2.78. The van der Waals surface area contributed by atoms with Gasteiger partial charge in [0, 0.05) is 24.8 Å². The van der Waals surface area contributed by atoms with E-state index < -0.39 is 15.6 Å². The summed E-state index contributed by atoms with van der Waals surface area (Å²) in [5.74, 6) is 0.410. The Hall–Kier alpha value is -1.97. The molecule has 2 aromatic rings. The number of likely N-dealkylation sites (tertiary alicyclic amines) is 1. The zero-order chi connectivity index (χ0) is 19.9. The number of thiazole rings is 1. The third-order valence-electron chi connectivity index (χ3n) is 5.23. The predicted molar refractivity (Wildman–Crippen MR) is 106 cm³/mol. The summed E-state index contributed by atoms with van der Waals surface area (Å²) in [6.45, 7) is 5.06. The zero-order valence-corrected chi connectivity index (χ0v) is 17.6.